The molecule has 5 rings (SSSR count). The molecule has 0 saturated carbocycles. The van der Waals surface area contributed by atoms with Crippen LogP contribution in [0.1, 0.15) is 0 Å². The van der Waals surface area contributed by atoms with E-state index >= 15 is 0 Å². The van der Waals surface area contributed by atoms with Crippen LogP contribution in [0.5, 0.6) is 34.5 Å². The van der Waals surface area contributed by atoms with Crippen molar-refractivity contribution in [2.75, 3.05) is 0 Å². The molecule has 0 bridgehead atoms. The van der Waals surface area contributed by atoms with Gasteiger partial charge in [0.25, 0.3) is 0 Å². The van der Waals surface area contributed by atoms with E-state index in [9.17, 15) is 0 Å². The normalized spacial score (nSPS) is 10.6. The van der Waals surface area contributed by atoms with Crippen LogP contribution in [0.15, 0.2) is 146 Å². The number of para-hydroxylation sites is 4. The maximum absolute atomic E-state index is 6.08. The zero-order valence-corrected chi connectivity index (χ0v) is 22.0. The van der Waals surface area contributed by atoms with Gasteiger partial charge in [-0.15, -0.1) is 0 Å². The molecule has 5 aromatic rings. The Morgan fingerprint density at radius 2 is 0.421 bits per heavy atom. The van der Waals surface area contributed by atoms with Crippen molar-refractivity contribution in [3.8, 4) is 34.5 Å². The molecule has 0 saturated heterocycles. The summed E-state index contributed by atoms with van der Waals surface area (Å²) >= 11 is 0. The van der Waals surface area contributed by atoms with Crippen LogP contribution in [0.4, 0.5) is 0 Å². The van der Waals surface area contributed by atoms with Crippen molar-refractivity contribution in [3.05, 3.63) is 146 Å². The molecule has 0 radical (unpaired) electrons. The first-order valence-electron chi connectivity index (χ1n) is 11.8. The van der Waals surface area contributed by atoms with E-state index in [1.54, 1.807) is 24.3 Å². The van der Waals surface area contributed by atoms with E-state index in [0.29, 0.717) is 34.5 Å². The minimum Gasteiger partial charge on any atom is -0.409 e. The summed E-state index contributed by atoms with van der Waals surface area (Å²) in [5.74, 6) is 3.72. The third-order valence-electron chi connectivity index (χ3n) is 4.88. The van der Waals surface area contributed by atoms with E-state index in [1.165, 1.54) is 0 Å². The Bertz CT molecular complexity index is 1170. The summed E-state index contributed by atoms with van der Waals surface area (Å²) in [4.78, 5) is 0. The number of rotatable bonds is 12. The lowest BCUT2D eigenvalue weighted by molar-refractivity contribution is 0.383. The highest BCUT2D eigenvalue weighted by molar-refractivity contribution is 7.43. The fourth-order valence-corrected chi connectivity index (χ4v) is 5.10. The Hall–Kier alpha value is -4.24. The Labute approximate surface area is 224 Å². The number of hydrogen-bond acceptors (Lipinski definition) is 6. The first kappa shape index (κ1) is 25.4. The van der Waals surface area contributed by atoms with Gasteiger partial charge in [-0.1, -0.05) is 72.8 Å². The third-order valence-corrected chi connectivity index (χ3v) is 7.04. The van der Waals surface area contributed by atoms with Crippen LogP contribution in [0.25, 0.3) is 0 Å². The molecule has 0 amide bonds. The topological polar surface area (TPSA) is 55.4 Å². The van der Waals surface area contributed by atoms with E-state index in [-0.39, 0.29) is 0 Å². The molecule has 0 atom stereocenters. The van der Waals surface area contributed by atoms with Gasteiger partial charge in [-0.2, -0.15) is 0 Å². The molecule has 0 spiro atoms. The quantitative estimate of drug-likeness (QED) is 0.147. The fraction of sp³-hybridized carbons (Fsp3) is 0. The fourth-order valence-electron chi connectivity index (χ4n) is 3.11. The van der Waals surface area contributed by atoms with Crippen molar-refractivity contribution in [1.29, 1.82) is 0 Å². The number of benzene rings is 5. The molecular weight excluding hydrogens is 518 g/mol. The smallest absolute Gasteiger partial charge is 0.409 e. The molecule has 38 heavy (non-hydrogen) atoms. The molecule has 5 aromatic carbocycles. The molecule has 0 aliphatic carbocycles. The van der Waals surface area contributed by atoms with Crippen molar-refractivity contribution >= 4 is 17.2 Å². The summed E-state index contributed by atoms with van der Waals surface area (Å²) in [5, 5.41) is 0. The molecule has 8 heteroatoms. The van der Waals surface area contributed by atoms with Gasteiger partial charge in [0.15, 0.2) is 0 Å². The van der Waals surface area contributed by atoms with Crippen molar-refractivity contribution in [2.24, 2.45) is 0 Å². The van der Waals surface area contributed by atoms with Crippen molar-refractivity contribution < 1.29 is 27.1 Å². The second-order valence-corrected chi connectivity index (χ2v) is 9.71. The monoisotopic (exact) mass is 542 g/mol. The largest absolute Gasteiger partial charge is 0.530 e. The second-order valence-electron chi connectivity index (χ2n) is 7.72. The average molecular weight is 542 g/mol. The molecule has 6 nitrogen and oxygen atoms in total. The molecule has 0 fully saturated rings. The van der Waals surface area contributed by atoms with Gasteiger partial charge in [0.05, 0.1) is 0 Å². The highest BCUT2D eigenvalue weighted by Gasteiger charge is 2.22. The summed E-state index contributed by atoms with van der Waals surface area (Å²) in [6.45, 7) is 0. The lowest BCUT2D eigenvalue weighted by Crippen LogP contribution is -2.03. The van der Waals surface area contributed by atoms with Crippen molar-refractivity contribution in [1.82, 2.24) is 0 Å². The zero-order chi connectivity index (χ0) is 25.8. The van der Waals surface area contributed by atoms with Crippen LogP contribution in [0, 0.1) is 0 Å². The van der Waals surface area contributed by atoms with E-state index < -0.39 is 17.2 Å². The van der Waals surface area contributed by atoms with Gasteiger partial charge in [0.2, 0.25) is 0 Å². The maximum atomic E-state index is 6.08. The molecule has 190 valence electrons. The van der Waals surface area contributed by atoms with E-state index in [2.05, 4.69) is 0 Å². The Morgan fingerprint density at radius 3 is 0.632 bits per heavy atom. The van der Waals surface area contributed by atoms with Crippen LogP contribution in [0.2, 0.25) is 0 Å². The SMILES string of the molecule is c1ccc(OP(Oc2ccccc2)Oc2ccc(OP(Oc3ccccc3)Oc3ccccc3)cc2)cc1. The summed E-state index contributed by atoms with van der Waals surface area (Å²) < 4.78 is 36.2. The zero-order valence-electron chi connectivity index (χ0n) is 20.2. The Kier molecular flexibility index (Phi) is 8.92. The van der Waals surface area contributed by atoms with E-state index in [1.807, 2.05) is 121 Å². The Morgan fingerprint density at radius 1 is 0.237 bits per heavy atom. The van der Waals surface area contributed by atoms with Crippen LogP contribution in [0.3, 0.4) is 0 Å². The summed E-state index contributed by atoms with van der Waals surface area (Å²) in [6, 6.07) is 44.8. The highest BCUT2D eigenvalue weighted by atomic mass is 31.2. The predicted octanol–water partition coefficient (Wildman–Crippen LogP) is 9.21. The third kappa shape index (κ3) is 7.88. The van der Waals surface area contributed by atoms with Crippen LogP contribution in [-0.4, -0.2) is 0 Å². The first-order chi connectivity index (χ1) is 18.8. The minimum absolute atomic E-state index is 0.563. The van der Waals surface area contributed by atoms with Gasteiger partial charge >= 0.3 is 17.2 Å². The van der Waals surface area contributed by atoms with E-state index in [0.717, 1.165) is 0 Å². The van der Waals surface area contributed by atoms with Gasteiger partial charge in [-0.25, -0.2) is 0 Å². The molecule has 0 aliphatic rings. The lowest BCUT2D eigenvalue weighted by atomic mass is 10.3. The minimum atomic E-state index is -1.77. The molecular formula is C30H24O6P2. The molecule has 0 heterocycles. The first-order valence-corrected chi connectivity index (χ1v) is 14.0. The molecule has 0 unspecified atom stereocenters. The van der Waals surface area contributed by atoms with E-state index in [4.69, 9.17) is 27.1 Å². The summed E-state index contributed by atoms with van der Waals surface area (Å²) in [5.41, 5.74) is 0. The highest BCUT2D eigenvalue weighted by Crippen LogP contribution is 2.44. The molecule has 0 N–H and O–H groups in total. The van der Waals surface area contributed by atoms with Gasteiger partial charge < -0.3 is 27.1 Å². The second kappa shape index (κ2) is 13.3. The van der Waals surface area contributed by atoms with Crippen molar-refractivity contribution in [2.45, 2.75) is 0 Å². The van der Waals surface area contributed by atoms with Gasteiger partial charge in [0, 0.05) is 0 Å². The molecule has 0 aromatic heterocycles. The molecule has 0 aliphatic heterocycles. The van der Waals surface area contributed by atoms with Crippen molar-refractivity contribution in [3.63, 3.8) is 0 Å². The standard InChI is InChI=1S/C30H24O6P2/c1-5-13-25(14-6-1)31-37(32-26-15-7-2-8-16-26)35-29-21-23-30(24-22-29)36-38(33-27-17-9-3-10-18-27)34-28-19-11-4-12-20-28/h1-24H. The van der Waals surface area contributed by atoms with Gasteiger partial charge in [0.1, 0.15) is 34.5 Å². The van der Waals surface area contributed by atoms with Gasteiger partial charge in [-0.3, -0.25) is 0 Å². The Balaban J connectivity index is 1.28. The summed E-state index contributed by atoms with van der Waals surface area (Å²) in [6.07, 6.45) is 0. The van der Waals surface area contributed by atoms with Crippen LogP contribution in [-0.2, 0) is 0 Å². The maximum Gasteiger partial charge on any atom is 0.530 e. The van der Waals surface area contributed by atoms with Crippen LogP contribution >= 0.6 is 17.2 Å². The predicted molar refractivity (Wildman–Crippen MR) is 150 cm³/mol. The van der Waals surface area contributed by atoms with Gasteiger partial charge in [-0.05, 0) is 72.8 Å². The summed E-state index contributed by atoms with van der Waals surface area (Å²) in [7, 11) is -3.54. The number of hydrogen-bond donors (Lipinski definition) is 0. The average Bonchev–Trinajstić information content (AvgIpc) is 2.96. The van der Waals surface area contributed by atoms with Crippen LogP contribution < -0.4 is 27.1 Å². The lowest BCUT2D eigenvalue weighted by Gasteiger charge is -2.19.